The minimum atomic E-state index is -4.28. The number of hydrogen-bond donors (Lipinski definition) is 2. The van der Waals surface area contributed by atoms with E-state index in [4.69, 9.17) is 5.73 Å². The zero-order chi connectivity index (χ0) is 9.90. The number of hydrogen-bond acceptors (Lipinski definition) is 4. The Balaban J connectivity index is 2.60. The van der Waals surface area contributed by atoms with Crippen molar-refractivity contribution in [1.29, 1.82) is 0 Å². The third-order valence-corrected chi connectivity index (χ3v) is 1.20. The van der Waals surface area contributed by atoms with E-state index in [0.29, 0.717) is 0 Å². The highest BCUT2D eigenvalue weighted by Crippen LogP contribution is 2.17. The van der Waals surface area contributed by atoms with Gasteiger partial charge in [-0.2, -0.15) is 13.2 Å². The van der Waals surface area contributed by atoms with Crippen LogP contribution in [0.15, 0.2) is 12.5 Å². The molecule has 72 valence electrons. The lowest BCUT2D eigenvalue weighted by atomic mass is 10.5. The highest BCUT2D eigenvalue weighted by Gasteiger charge is 2.27. The predicted octanol–water partition coefficient (Wildman–Crippen LogP) is 1.03. The molecule has 1 heterocycles. The molecule has 13 heavy (non-hydrogen) atoms. The Morgan fingerprint density at radius 3 is 2.69 bits per heavy atom. The second-order valence-corrected chi connectivity index (χ2v) is 2.30. The summed E-state index contributed by atoms with van der Waals surface area (Å²) in [5.74, 6) is -0.00711. The summed E-state index contributed by atoms with van der Waals surface area (Å²) < 4.78 is 35.2. The third-order valence-electron chi connectivity index (χ3n) is 1.20. The fourth-order valence-corrected chi connectivity index (χ4v) is 0.672. The summed E-state index contributed by atoms with van der Waals surface area (Å²) in [5, 5.41) is 2.05. The fourth-order valence-electron chi connectivity index (χ4n) is 0.672. The maximum atomic E-state index is 11.7. The van der Waals surface area contributed by atoms with E-state index in [1.54, 1.807) is 0 Å². The minimum absolute atomic E-state index is 0.00711. The molecular formula is C6H7F3N4. The van der Waals surface area contributed by atoms with Crippen molar-refractivity contribution < 1.29 is 13.2 Å². The van der Waals surface area contributed by atoms with E-state index in [0.717, 1.165) is 6.33 Å². The van der Waals surface area contributed by atoms with Gasteiger partial charge in [0.2, 0.25) is 0 Å². The largest absolute Gasteiger partial charge is 0.405 e. The number of nitrogens with two attached hydrogens (primary N) is 1. The Labute approximate surface area is 72.0 Å². The molecule has 0 amide bonds. The van der Waals surface area contributed by atoms with Crippen molar-refractivity contribution in [1.82, 2.24) is 9.97 Å². The van der Waals surface area contributed by atoms with Crippen molar-refractivity contribution in [2.45, 2.75) is 6.18 Å². The Kier molecular flexibility index (Phi) is 2.54. The molecule has 0 saturated carbocycles. The van der Waals surface area contributed by atoms with Crippen molar-refractivity contribution in [2.75, 3.05) is 17.6 Å². The van der Waals surface area contributed by atoms with Crippen LogP contribution in [0.5, 0.6) is 0 Å². The summed E-state index contributed by atoms with van der Waals surface area (Å²) >= 11 is 0. The van der Waals surface area contributed by atoms with Crippen molar-refractivity contribution >= 4 is 11.5 Å². The van der Waals surface area contributed by atoms with Gasteiger partial charge in [-0.15, -0.1) is 0 Å². The molecule has 0 spiro atoms. The highest BCUT2D eigenvalue weighted by molar-refractivity contribution is 5.58. The number of nitrogens with one attached hydrogen (secondary N) is 1. The lowest BCUT2D eigenvalue weighted by Crippen LogP contribution is -2.22. The molecule has 0 unspecified atom stereocenters. The zero-order valence-electron chi connectivity index (χ0n) is 6.47. The number of alkyl halides is 3. The summed E-state index contributed by atoms with van der Waals surface area (Å²) in [7, 11) is 0. The Hall–Kier alpha value is -1.53. The Bertz CT molecular complexity index is 285. The van der Waals surface area contributed by atoms with E-state index >= 15 is 0 Å². The van der Waals surface area contributed by atoms with Crippen LogP contribution in [0.25, 0.3) is 0 Å². The second kappa shape index (κ2) is 3.46. The first kappa shape index (κ1) is 9.56. The van der Waals surface area contributed by atoms with Crippen LogP contribution >= 0.6 is 0 Å². The number of aromatic nitrogens is 2. The van der Waals surface area contributed by atoms with E-state index in [-0.39, 0.29) is 11.5 Å². The van der Waals surface area contributed by atoms with Crippen LogP contribution < -0.4 is 11.1 Å². The van der Waals surface area contributed by atoms with Gasteiger partial charge in [0.1, 0.15) is 12.9 Å². The molecule has 0 aliphatic carbocycles. The molecule has 3 N–H and O–H groups in total. The van der Waals surface area contributed by atoms with Crippen molar-refractivity contribution in [3.8, 4) is 0 Å². The van der Waals surface area contributed by atoms with Gasteiger partial charge in [-0.1, -0.05) is 0 Å². The maximum Gasteiger partial charge on any atom is 0.405 e. The maximum absolute atomic E-state index is 11.7. The van der Waals surface area contributed by atoms with Gasteiger partial charge < -0.3 is 11.1 Å². The molecule has 0 radical (unpaired) electrons. The van der Waals surface area contributed by atoms with Gasteiger partial charge in [-0.25, -0.2) is 9.97 Å². The summed E-state index contributed by atoms with van der Waals surface area (Å²) in [5.41, 5.74) is 5.38. The van der Waals surface area contributed by atoms with E-state index in [1.165, 1.54) is 6.20 Å². The molecule has 7 heteroatoms. The summed E-state index contributed by atoms with van der Waals surface area (Å²) in [4.78, 5) is 7.07. The van der Waals surface area contributed by atoms with Gasteiger partial charge in [0, 0.05) is 0 Å². The molecule has 0 aliphatic heterocycles. The molecule has 0 fully saturated rings. The van der Waals surface area contributed by atoms with Crippen LogP contribution in [-0.4, -0.2) is 22.7 Å². The monoisotopic (exact) mass is 192 g/mol. The molecule has 0 atom stereocenters. The van der Waals surface area contributed by atoms with Crippen molar-refractivity contribution in [2.24, 2.45) is 0 Å². The smallest absolute Gasteiger partial charge is 0.394 e. The molecule has 1 aromatic heterocycles. The average molecular weight is 192 g/mol. The SMILES string of the molecule is Nc1cncnc1NCC(F)(F)F. The average Bonchev–Trinajstić information content (AvgIpc) is 2.01. The first-order chi connectivity index (χ1) is 5.99. The standard InChI is InChI=1S/C6H7F3N4/c7-6(8,9)2-12-5-4(10)1-11-3-13-5/h1,3H,2,10H2,(H,11,12,13). The Morgan fingerprint density at radius 1 is 1.46 bits per heavy atom. The van der Waals surface area contributed by atoms with Crippen molar-refractivity contribution in [3.63, 3.8) is 0 Å². The van der Waals surface area contributed by atoms with E-state index in [9.17, 15) is 13.2 Å². The number of nitrogen functional groups attached to an aromatic ring is 1. The topological polar surface area (TPSA) is 63.8 Å². The lowest BCUT2D eigenvalue weighted by molar-refractivity contribution is -0.115. The zero-order valence-corrected chi connectivity index (χ0v) is 6.47. The quantitative estimate of drug-likeness (QED) is 0.734. The van der Waals surface area contributed by atoms with Gasteiger partial charge in [-0.05, 0) is 0 Å². The number of halogens is 3. The summed E-state index contributed by atoms with van der Waals surface area (Å²) in [6.45, 7) is -1.16. The van der Waals surface area contributed by atoms with Crippen LogP contribution in [0.1, 0.15) is 0 Å². The third kappa shape index (κ3) is 3.14. The first-order valence-corrected chi connectivity index (χ1v) is 3.35. The molecule has 1 rings (SSSR count). The molecular weight excluding hydrogens is 185 g/mol. The van der Waals surface area contributed by atoms with E-state index in [2.05, 4.69) is 15.3 Å². The van der Waals surface area contributed by atoms with Gasteiger partial charge >= 0.3 is 6.18 Å². The van der Waals surface area contributed by atoms with Crippen LogP contribution in [0.3, 0.4) is 0 Å². The highest BCUT2D eigenvalue weighted by atomic mass is 19.4. The Morgan fingerprint density at radius 2 is 2.15 bits per heavy atom. The summed E-state index contributed by atoms with van der Waals surface area (Å²) in [6.07, 6.45) is -1.93. The normalized spacial score (nSPS) is 11.3. The number of rotatable bonds is 2. The predicted molar refractivity (Wildman–Crippen MR) is 41.0 cm³/mol. The molecule has 0 aromatic carbocycles. The molecule has 0 aliphatic rings. The second-order valence-electron chi connectivity index (χ2n) is 2.30. The van der Waals surface area contributed by atoms with Crippen LogP contribution in [0, 0.1) is 0 Å². The number of nitrogens with zero attached hydrogens (tertiary/aromatic N) is 2. The fraction of sp³-hybridized carbons (Fsp3) is 0.333. The van der Waals surface area contributed by atoms with Crippen LogP contribution in [-0.2, 0) is 0 Å². The molecule has 4 nitrogen and oxygen atoms in total. The lowest BCUT2D eigenvalue weighted by Gasteiger charge is -2.09. The minimum Gasteiger partial charge on any atom is -0.394 e. The molecule has 0 saturated heterocycles. The first-order valence-electron chi connectivity index (χ1n) is 3.35. The van der Waals surface area contributed by atoms with Crippen LogP contribution in [0.2, 0.25) is 0 Å². The van der Waals surface area contributed by atoms with Gasteiger partial charge in [-0.3, -0.25) is 0 Å². The van der Waals surface area contributed by atoms with E-state index < -0.39 is 12.7 Å². The van der Waals surface area contributed by atoms with Gasteiger partial charge in [0.05, 0.1) is 11.9 Å². The van der Waals surface area contributed by atoms with Crippen molar-refractivity contribution in [3.05, 3.63) is 12.5 Å². The summed E-state index contributed by atoms with van der Waals surface area (Å²) in [6, 6.07) is 0. The molecule has 1 aromatic rings. The van der Waals surface area contributed by atoms with Crippen LogP contribution in [0.4, 0.5) is 24.7 Å². The van der Waals surface area contributed by atoms with Gasteiger partial charge in [0.25, 0.3) is 0 Å². The van der Waals surface area contributed by atoms with E-state index in [1.807, 2.05) is 0 Å². The van der Waals surface area contributed by atoms with Gasteiger partial charge in [0.15, 0.2) is 5.82 Å². The molecule has 0 bridgehead atoms. The number of anilines is 2.